The van der Waals surface area contributed by atoms with Crippen LogP contribution in [0.1, 0.15) is 0 Å². The Bertz CT molecular complexity index is 1760. The number of benzene rings is 3. The highest BCUT2D eigenvalue weighted by molar-refractivity contribution is 6.21. The number of para-hydroxylation sites is 2. The van der Waals surface area contributed by atoms with Gasteiger partial charge in [0.05, 0.1) is 22.1 Å². The van der Waals surface area contributed by atoms with Gasteiger partial charge in [-0.1, -0.05) is 36.4 Å². The Kier molecular flexibility index (Phi) is 3.66. The topological polar surface area (TPSA) is 76.5 Å². The molecule has 7 rings (SSSR count). The summed E-state index contributed by atoms with van der Waals surface area (Å²) in [5, 5.41) is 4.67. The zero-order chi connectivity index (χ0) is 21.9. The molecule has 8 nitrogen and oxygen atoms in total. The van der Waals surface area contributed by atoms with E-state index in [2.05, 4.69) is 93.6 Å². The average molecular weight is 430 g/mol. The molecule has 0 atom stereocenters. The van der Waals surface area contributed by atoms with Crippen LogP contribution in [0.4, 0.5) is 0 Å². The molecule has 4 heterocycles. The molecule has 0 aliphatic carbocycles. The van der Waals surface area contributed by atoms with Gasteiger partial charge in [-0.3, -0.25) is 14.1 Å². The zero-order valence-electron chi connectivity index (χ0n) is 17.8. The molecule has 0 fully saturated rings. The minimum absolute atomic E-state index is 0.570. The van der Waals surface area contributed by atoms with E-state index < -0.39 is 0 Å². The largest absolute Gasteiger partial charge is 0.325 e. The van der Waals surface area contributed by atoms with Crippen LogP contribution in [-0.4, -0.2) is 55.0 Å². The first kappa shape index (κ1) is 18.0. The number of fused-ring (bicyclic) bond motifs is 6. The second kappa shape index (κ2) is 6.70. The predicted molar refractivity (Wildman–Crippen MR) is 131 cm³/mol. The van der Waals surface area contributed by atoms with Crippen LogP contribution < -0.4 is 0 Å². The number of rotatable bonds is 1. The molecule has 8 heteroatoms. The first-order valence-electron chi connectivity index (χ1n) is 10.7. The zero-order valence-corrected chi connectivity index (χ0v) is 17.8. The minimum Gasteiger partial charge on any atom is -0.325 e. The highest BCUT2D eigenvalue weighted by Crippen LogP contribution is 2.37. The molecule has 0 spiro atoms. The van der Waals surface area contributed by atoms with E-state index in [0.717, 1.165) is 38.8 Å². The van der Waals surface area contributed by atoms with Gasteiger partial charge in [0.25, 0.3) is 0 Å². The molecule has 0 saturated carbocycles. The standard InChI is InChI=1S/C25H18N8/c1-31-15-27-14-30-25(31)33-21-9-5-3-7-17(21)19-10-18-16-6-2-4-8-20(16)32(22(18)11-23(19)33)24-28-12-26-13-29-24/h2-14H,15H2,1H3. The lowest BCUT2D eigenvalue weighted by Gasteiger charge is -2.23. The van der Waals surface area contributed by atoms with Gasteiger partial charge in [0.1, 0.15) is 25.7 Å². The molecule has 158 valence electrons. The lowest BCUT2D eigenvalue weighted by molar-refractivity contribution is 0.503. The van der Waals surface area contributed by atoms with E-state index in [0.29, 0.717) is 12.6 Å². The molecular formula is C25H18N8. The molecule has 0 amide bonds. The lowest BCUT2D eigenvalue weighted by atomic mass is 10.1. The monoisotopic (exact) mass is 430 g/mol. The van der Waals surface area contributed by atoms with E-state index in [9.17, 15) is 0 Å². The van der Waals surface area contributed by atoms with Gasteiger partial charge in [-0.05, 0) is 24.3 Å². The minimum atomic E-state index is 0.570. The molecule has 3 aromatic carbocycles. The average Bonchev–Trinajstić information content (AvgIpc) is 3.36. The second-order valence-electron chi connectivity index (χ2n) is 8.10. The highest BCUT2D eigenvalue weighted by Gasteiger charge is 2.21. The van der Waals surface area contributed by atoms with Crippen molar-refractivity contribution in [3.8, 4) is 5.95 Å². The summed E-state index contributed by atoms with van der Waals surface area (Å²) in [6.07, 6.45) is 4.70. The first-order valence-corrected chi connectivity index (χ1v) is 10.7. The summed E-state index contributed by atoms with van der Waals surface area (Å²) in [6, 6.07) is 21.3. The number of hydrogen-bond donors (Lipinski definition) is 0. The Labute approximate surface area is 188 Å². The molecule has 1 aliphatic heterocycles. The third-order valence-electron chi connectivity index (χ3n) is 6.24. The number of aromatic nitrogens is 5. The third-order valence-corrected chi connectivity index (χ3v) is 6.24. The van der Waals surface area contributed by atoms with Crippen molar-refractivity contribution in [2.45, 2.75) is 0 Å². The van der Waals surface area contributed by atoms with Gasteiger partial charge in [0, 0.05) is 28.6 Å². The van der Waals surface area contributed by atoms with Crippen LogP contribution in [0.25, 0.3) is 49.6 Å². The Balaban J connectivity index is 1.69. The fourth-order valence-electron chi connectivity index (χ4n) is 4.85. The third kappa shape index (κ3) is 2.48. The van der Waals surface area contributed by atoms with E-state index in [-0.39, 0.29) is 0 Å². The van der Waals surface area contributed by atoms with Gasteiger partial charge in [0.2, 0.25) is 11.9 Å². The van der Waals surface area contributed by atoms with Crippen LogP contribution in [0.3, 0.4) is 0 Å². The van der Waals surface area contributed by atoms with Crippen molar-refractivity contribution < 1.29 is 0 Å². The first-order chi connectivity index (χ1) is 16.3. The molecule has 3 aromatic heterocycles. The van der Waals surface area contributed by atoms with Gasteiger partial charge in [-0.15, -0.1) is 0 Å². The van der Waals surface area contributed by atoms with Crippen LogP contribution in [0, 0.1) is 0 Å². The van der Waals surface area contributed by atoms with E-state index in [4.69, 9.17) is 0 Å². The van der Waals surface area contributed by atoms with Crippen molar-refractivity contribution in [2.24, 2.45) is 9.98 Å². The fraction of sp³-hybridized carbons (Fsp3) is 0.0800. The van der Waals surface area contributed by atoms with E-state index in [1.807, 2.05) is 13.1 Å². The number of nitrogens with zero attached hydrogens (tertiary/aromatic N) is 8. The maximum atomic E-state index is 4.63. The highest BCUT2D eigenvalue weighted by atomic mass is 15.4. The maximum Gasteiger partial charge on any atom is 0.237 e. The lowest BCUT2D eigenvalue weighted by Crippen LogP contribution is -2.34. The molecule has 0 unspecified atom stereocenters. The van der Waals surface area contributed by atoms with E-state index >= 15 is 0 Å². The Morgan fingerprint density at radius 2 is 1.33 bits per heavy atom. The van der Waals surface area contributed by atoms with Crippen molar-refractivity contribution in [2.75, 3.05) is 13.7 Å². The van der Waals surface area contributed by atoms with Crippen LogP contribution in [0.5, 0.6) is 0 Å². The van der Waals surface area contributed by atoms with Crippen LogP contribution in [-0.2, 0) is 0 Å². The molecule has 0 radical (unpaired) electrons. The number of hydrogen-bond acceptors (Lipinski definition) is 6. The smallest absolute Gasteiger partial charge is 0.237 e. The predicted octanol–water partition coefficient (Wildman–Crippen LogP) is 4.21. The van der Waals surface area contributed by atoms with Crippen molar-refractivity contribution in [1.29, 1.82) is 0 Å². The van der Waals surface area contributed by atoms with Gasteiger partial charge in [-0.25, -0.2) is 19.9 Å². The van der Waals surface area contributed by atoms with Crippen molar-refractivity contribution in [3.05, 3.63) is 73.3 Å². The molecule has 0 N–H and O–H groups in total. The summed E-state index contributed by atoms with van der Waals surface area (Å²) in [6.45, 7) is 0.570. The molecule has 0 saturated heterocycles. The van der Waals surface area contributed by atoms with Crippen LogP contribution in [0.15, 0.2) is 83.3 Å². The summed E-state index contributed by atoms with van der Waals surface area (Å²) < 4.78 is 4.31. The summed E-state index contributed by atoms with van der Waals surface area (Å²) >= 11 is 0. The summed E-state index contributed by atoms with van der Waals surface area (Å²) in [5.41, 5.74) is 4.27. The van der Waals surface area contributed by atoms with Crippen LogP contribution in [0.2, 0.25) is 0 Å². The molecule has 33 heavy (non-hydrogen) atoms. The quantitative estimate of drug-likeness (QED) is 0.392. The number of aliphatic imine (C=N–C) groups is 2. The molecule has 6 aromatic rings. The maximum absolute atomic E-state index is 4.63. The summed E-state index contributed by atoms with van der Waals surface area (Å²) in [7, 11) is 2.01. The normalized spacial score (nSPS) is 14.1. The van der Waals surface area contributed by atoms with Crippen molar-refractivity contribution >= 4 is 55.9 Å². The SMILES string of the molecule is CN1CN=CN=C1n1c2ccccc2c2cc3c4ccccc4n(-c4ncncn4)c3cc21. The Morgan fingerprint density at radius 1 is 0.697 bits per heavy atom. The molecule has 1 aliphatic rings. The summed E-state index contributed by atoms with van der Waals surface area (Å²) in [4.78, 5) is 23.9. The van der Waals surface area contributed by atoms with Crippen molar-refractivity contribution in [3.63, 3.8) is 0 Å². The van der Waals surface area contributed by atoms with Gasteiger partial charge < -0.3 is 4.90 Å². The summed E-state index contributed by atoms with van der Waals surface area (Å²) in [5.74, 6) is 1.44. The fourth-order valence-corrected chi connectivity index (χ4v) is 4.85. The molecular weight excluding hydrogens is 412 g/mol. The van der Waals surface area contributed by atoms with Crippen molar-refractivity contribution in [1.82, 2.24) is 29.0 Å². The molecule has 0 bridgehead atoms. The van der Waals surface area contributed by atoms with Gasteiger partial charge in [0.15, 0.2) is 0 Å². The van der Waals surface area contributed by atoms with Gasteiger partial charge >= 0.3 is 0 Å². The second-order valence-corrected chi connectivity index (χ2v) is 8.10. The van der Waals surface area contributed by atoms with Crippen LogP contribution >= 0.6 is 0 Å². The van der Waals surface area contributed by atoms with E-state index in [1.165, 1.54) is 23.4 Å². The van der Waals surface area contributed by atoms with Gasteiger partial charge in [-0.2, -0.15) is 0 Å². The Morgan fingerprint density at radius 3 is 2.03 bits per heavy atom. The Hall–Kier alpha value is -4.59. The van der Waals surface area contributed by atoms with E-state index in [1.54, 1.807) is 6.34 Å².